The molecule has 2 N–H and O–H groups in total. The van der Waals surface area contributed by atoms with Gasteiger partial charge in [-0.1, -0.05) is 54.1 Å². The molecule has 0 bridgehead atoms. The predicted molar refractivity (Wildman–Crippen MR) is 126 cm³/mol. The SMILES string of the molecule is Cc1ccc(C2OC3(C(=O)c4ccccc4C3=O)c3c2c(O)n(-c2ccc4c(c2)OCO4)c3O)cc1. The van der Waals surface area contributed by atoms with E-state index in [4.69, 9.17) is 14.2 Å². The molecule has 1 atom stereocenters. The molecular formula is C28H19NO7. The summed E-state index contributed by atoms with van der Waals surface area (Å²) in [5, 5.41) is 23.0. The fraction of sp³-hybridized carbons (Fsp3) is 0.143. The van der Waals surface area contributed by atoms with Crippen LogP contribution in [0, 0.1) is 6.92 Å². The van der Waals surface area contributed by atoms with Gasteiger partial charge in [0.15, 0.2) is 11.5 Å². The predicted octanol–water partition coefficient (Wildman–Crippen LogP) is 4.32. The minimum Gasteiger partial charge on any atom is -0.494 e. The quantitative estimate of drug-likeness (QED) is 0.411. The maximum Gasteiger partial charge on any atom is 0.231 e. The van der Waals surface area contributed by atoms with Crippen LogP contribution in [0.3, 0.4) is 0 Å². The molecule has 3 heterocycles. The molecule has 7 rings (SSSR count). The monoisotopic (exact) mass is 481 g/mol. The standard InChI is InChI=1S/C28H19NO7/c1-14-6-8-15(9-7-14)23-21-22(28(36-23)24(30)17-4-2-3-5-18(17)25(28)31)27(33)29(26(21)32)16-10-11-19-20(12-16)35-13-34-19/h2-12,23,32-33H,13H2,1H3. The molecule has 0 amide bonds. The van der Waals surface area contributed by atoms with Gasteiger partial charge in [0.05, 0.1) is 16.8 Å². The van der Waals surface area contributed by atoms with E-state index in [1.54, 1.807) is 42.5 Å². The van der Waals surface area contributed by atoms with Gasteiger partial charge >= 0.3 is 0 Å². The zero-order valence-electron chi connectivity index (χ0n) is 19.0. The third-order valence-corrected chi connectivity index (χ3v) is 7.12. The second-order valence-corrected chi connectivity index (χ2v) is 9.10. The molecule has 0 fully saturated rings. The molecular weight excluding hydrogens is 462 g/mol. The van der Waals surface area contributed by atoms with E-state index >= 15 is 0 Å². The van der Waals surface area contributed by atoms with E-state index < -0.39 is 29.2 Å². The number of Topliss-reactive ketones (excluding diaryl/α,β-unsaturated/α-hetero) is 2. The summed E-state index contributed by atoms with van der Waals surface area (Å²) in [7, 11) is 0. The van der Waals surface area contributed by atoms with Crippen molar-refractivity contribution in [3.05, 3.63) is 100 Å². The Hall–Kier alpha value is -4.56. The van der Waals surface area contributed by atoms with Crippen molar-refractivity contribution >= 4 is 11.6 Å². The highest BCUT2D eigenvalue weighted by atomic mass is 16.7. The summed E-state index contributed by atoms with van der Waals surface area (Å²) in [5.41, 5.74) is 0.457. The van der Waals surface area contributed by atoms with Crippen LogP contribution in [0.5, 0.6) is 23.3 Å². The number of aryl methyl sites for hydroxylation is 1. The van der Waals surface area contributed by atoms with Crippen LogP contribution in [-0.4, -0.2) is 33.1 Å². The lowest BCUT2D eigenvalue weighted by Gasteiger charge is -2.24. The van der Waals surface area contributed by atoms with Crippen molar-refractivity contribution in [1.29, 1.82) is 0 Å². The van der Waals surface area contributed by atoms with Crippen LogP contribution in [-0.2, 0) is 10.3 Å². The van der Waals surface area contributed by atoms with Gasteiger partial charge in [0.1, 0.15) is 6.10 Å². The van der Waals surface area contributed by atoms with Crippen molar-refractivity contribution in [2.24, 2.45) is 0 Å². The summed E-state index contributed by atoms with van der Waals surface area (Å²) in [6, 6.07) is 18.8. The first-order valence-corrected chi connectivity index (χ1v) is 11.4. The summed E-state index contributed by atoms with van der Waals surface area (Å²) in [4.78, 5) is 27.6. The van der Waals surface area contributed by atoms with Crippen LogP contribution in [0.1, 0.15) is 49.1 Å². The summed E-state index contributed by atoms with van der Waals surface area (Å²) in [5.74, 6) is -0.951. The van der Waals surface area contributed by atoms with E-state index in [2.05, 4.69) is 0 Å². The first kappa shape index (κ1) is 20.8. The van der Waals surface area contributed by atoms with E-state index in [0.29, 0.717) is 22.7 Å². The van der Waals surface area contributed by atoms with Gasteiger partial charge in [-0.3, -0.25) is 14.2 Å². The van der Waals surface area contributed by atoms with Gasteiger partial charge in [0, 0.05) is 17.2 Å². The summed E-state index contributed by atoms with van der Waals surface area (Å²) >= 11 is 0. The number of hydrogen-bond acceptors (Lipinski definition) is 7. The molecule has 8 heteroatoms. The smallest absolute Gasteiger partial charge is 0.231 e. The maximum atomic E-state index is 13.8. The Labute approximate surface area is 204 Å². The number of aromatic hydroxyl groups is 2. The molecule has 4 aromatic rings. The third-order valence-electron chi connectivity index (χ3n) is 7.12. The Morgan fingerprint density at radius 1 is 0.861 bits per heavy atom. The van der Waals surface area contributed by atoms with Gasteiger partial charge in [0.2, 0.25) is 35.7 Å². The van der Waals surface area contributed by atoms with Crippen LogP contribution in [0.4, 0.5) is 0 Å². The van der Waals surface area contributed by atoms with Gasteiger partial charge in [-0.2, -0.15) is 0 Å². The number of carbonyl (C=O) groups excluding carboxylic acids is 2. The number of rotatable bonds is 2. The number of hydrogen-bond donors (Lipinski definition) is 2. The number of fused-ring (bicyclic) bond motifs is 4. The van der Waals surface area contributed by atoms with E-state index in [-0.39, 0.29) is 34.9 Å². The van der Waals surface area contributed by atoms with Crippen molar-refractivity contribution < 1.29 is 34.0 Å². The van der Waals surface area contributed by atoms with Gasteiger partial charge in [0.25, 0.3) is 0 Å². The van der Waals surface area contributed by atoms with Gasteiger partial charge < -0.3 is 24.4 Å². The van der Waals surface area contributed by atoms with Gasteiger partial charge in [-0.15, -0.1) is 0 Å². The lowest BCUT2D eigenvalue weighted by Crippen LogP contribution is -2.38. The highest BCUT2D eigenvalue weighted by Gasteiger charge is 2.64. The van der Waals surface area contributed by atoms with Crippen LogP contribution in [0.15, 0.2) is 66.7 Å². The van der Waals surface area contributed by atoms with Crippen LogP contribution in [0.2, 0.25) is 0 Å². The maximum absolute atomic E-state index is 13.8. The van der Waals surface area contributed by atoms with E-state index in [1.807, 2.05) is 31.2 Å². The van der Waals surface area contributed by atoms with Gasteiger partial charge in [-0.25, -0.2) is 0 Å². The molecule has 0 radical (unpaired) electrons. The highest BCUT2D eigenvalue weighted by molar-refractivity contribution is 6.32. The minimum absolute atomic E-state index is 0.0468. The molecule has 0 saturated heterocycles. The first-order valence-electron chi connectivity index (χ1n) is 11.4. The molecule has 0 saturated carbocycles. The first-order chi connectivity index (χ1) is 17.4. The molecule has 1 spiro atoms. The molecule has 3 aromatic carbocycles. The topological polar surface area (TPSA) is 107 Å². The fourth-order valence-electron chi connectivity index (χ4n) is 5.40. The van der Waals surface area contributed by atoms with Crippen LogP contribution < -0.4 is 9.47 Å². The number of ether oxygens (including phenoxy) is 3. The van der Waals surface area contributed by atoms with E-state index in [0.717, 1.165) is 5.56 Å². The number of ketones is 2. The third kappa shape index (κ3) is 2.46. The summed E-state index contributed by atoms with van der Waals surface area (Å²) < 4.78 is 18.3. The molecule has 1 aromatic heterocycles. The largest absolute Gasteiger partial charge is 0.494 e. The van der Waals surface area contributed by atoms with E-state index in [1.165, 1.54) is 4.57 Å². The fourth-order valence-corrected chi connectivity index (χ4v) is 5.40. The van der Waals surface area contributed by atoms with Crippen molar-refractivity contribution in [3.63, 3.8) is 0 Å². The van der Waals surface area contributed by atoms with Crippen LogP contribution >= 0.6 is 0 Å². The number of nitrogens with zero attached hydrogens (tertiary/aromatic N) is 1. The van der Waals surface area contributed by atoms with Crippen LogP contribution in [0.25, 0.3) is 5.69 Å². The second kappa shape index (κ2) is 6.99. The van der Waals surface area contributed by atoms with Gasteiger partial charge in [-0.05, 0) is 24.6 Å². The van der Waals surface area contributed by atoms with Crippen molar-refractivity contribution in [2.75, 3.05) is 6.79 Å². The molecule has 3 aliphatic rings. The molecule has 2 aliphatic heterocycles. The summed E-state index contributed by atoms with van der Waals surface area (Å²) in [6.45, 7) is 2.00. The Bertz CT molecular complexity index is 1580. The molecule has 8 nitrogen and oxygen atoms in total. The lowest BCUT2D eigenvalue weighted by molar-refractivity contribution is -0.0231. The summed E-state index contributed by atoms with van der Waals surface area (Å²) in [6.07, 6.45) is -0.969. The minimum atomic E-state index is -2.11. The molecule has 1 unspecified atom stereocenters. The average molecular weight is 481 g/mol. The van der Waals surface area contributed by atoms with Crippen molar-refractivity contribution in [1.82, 2.24) is 4.57 Å². The Kier molecular flexibility index (Phi) is 4.03. The normalized spacial score (nSPS) is 18.6. The number of aromatic nitrogens is 1. The van der Waals surface area contributed by atoms with Crippen molar-refractivity contribution in [3.8, 4) is 28.9 Å². The highest BCUT2D eigenvalue weighted by Crippen LogP contribution is 2.59. The Morgan fingerprint density at radius 3 is 2.22 bits per heavy atom. The average Bonchev–Trinajstić information content (AvgIpc) is 3.61. The molecule has 1 aliphatic carbocycles. The number of carbonyl (C=O) groups is 2. The number of benzene rings is 3. The zero-order chi connectivity index (χ0) is 24.8. The Morgan fingerprint density at radius 2 is 1.53 bits per heavy atom. The molecule has 36 heavy (non-hydrogen) atoms. The van der Waals surface area contributed by atoms with Crippen molar-refractivity contribution in [2.45, 2.75) is 18.6 Å². The zero-order valence-corrected chi connectivity index (χ0v) is 19.0. The molecule has 178 valence electrons. The Balaban J connectivity index is 1.50. The lowest BCUT2D eigenvalue weighted by atomic mass is 9.88. The second-order valence-electron chi connectivity index (χ2n) is 9.10. The van der Waals surface area contributed by atoms with E-state index in [9.17, 15) is 19.8 Å².